The lowest BCUT2D eigenvalue weighted by atomic mass is 10.3. The number of aromatic nitrogens is 2. The van der Waals surface area contributed by atoms with Crippen molar-refractivity contribution in [2.24, 2.45) is 0 Å². The lowest BCUT2D eigenvalue weighted by molar-refractivity contribution is 0.913. The molecule has 0 saturated heterocycles. The average Bonchev–Trinajstić information content (AvgIpc) is 2.28. The Balaban J connectivity index is 2.95. The molecule has 0 fully saturated rings. The van der Waals surface area contributed by atoms with Gasteiger partial charge in [0.25, 0.3) is 0 Å². The number of hydrogen-bond acceptors (Lipinski definition) is 4. The highest BCUT2D eigenvalue weighted by Crippen LogP contribution is 2.15. The van der Waals surface area contributed by atoms with Gasteiger partial charge in [0.2, 0.25) is 0 Å². The topological polar surface area (TPSA) is 64.9 Å². The van der Waals surface area contributed by atoms with Gasteiger partial charge in [-0.25, -0.2) is 4.98 Å². The van der Waals surface area contributed by atoms with Gasteiger partial charge in [-0.3, -0.25) is 9.81 Å². The third-order valence-electron chi connectivity index (χ3n) is 2.30. The third kappa shape index (κ3) is 1.57. The van der Waals surface area contributed by atoms with Crippen molar-refractivity contribution >= 4 is 17.4 Å². The first kappa shape index (κ1) is 10.7. The zero-order valence-corrected chi connectivity index (χ0v) is 9.80. The highest BCUT2D eigenvalue weighted by atomic mass is 32.2. The van der Waals surface area contributed by atoms with E-state index in [1.165, 1.54) is 11.8 Å². The second-order valence-electron chi connectivity index (χ2n) is 3.39. The molecule has 2 heterocycles. The van der Waals surface area contributed by atoms with Crippen LogP contribution in [0.25, 0.3) is 5.65 Å². The predicted molar refractivity (Wildman–Crippen MR) is 62.3 cm³/mol. The van der Waals surface area contributed by atoms with E-state index in [1.54, 1.807) is 10.6 Å². The Morgan fingerprint density at radius 3 is 2.94 bits per heavy atom. The van der Waals surface area contributed by atoms with Gasteiger partial charge in [0.05, 0.1) is 0 Å². The molecule has 2 aromatic heterocycles. The summed E-state index contributed by atoms with van der Waals surface area (Å²) in [7, 11) is 0. The van der Waals surface area contributed by atoms with E-state index in [0.29, 0.717) is 16.2 Å². The molecule has 0 bridgehead atoms. The van der Waals surface area contributed by atoms with E-state index in [9.17, 15) is 0 Å². The van der Waals surface area contributed by atoms with Crippen LogP contribution in [0.2, 0.25) is 0 Å². The van der Waals surface area contributed by atoms with Gasteiger partial charge in [0, 0.05) is 6.20 Å². The van der Waals surface area contributed by atoms with Crippen molar-refractivity contribution in [1.82, 2.24) is 9.38 Å². The standard InChI is InChI=1S/C11H10N4S/c1-7-3-4-15-9(5-7)14-11(16-2)8(6-12)10(15)13/h3-5,13H,1-2H3. The molecule has 1 N–H and O–H groups in total. The number of aryl methyl sites for hydroxylation is 1. The molecule has 0 atom stereocenters. The smallest absolute Gasteiger partial charge is 0.151 e. The molecule has 0 aliphatic heterocycles. The Labute approximate surface area is 97.1 Å². The molecule has 80 valence electrons. The monoisotopic (exact) mass is 230 g/mol. The third-order valence-corrected chi connectivity index (χ3v) is 2.99. The molecule has 0 amide bonds. The van der Waals surface area contributed by atoms with Crippen molar-refractivity contribution in [1.29, 1.82) is 10.7 Å². The summed E-state index contributed by atoms with van der Waals surface area (Å²) in [5.41, 5.74) is 2.31. The van der Waals surface area contributed by atoms with Crippen LogP contribution in [0.1, 0.15) is 11.1 Å². The minimum Gasteiger partial charge on any atom is -0.285 e. The van der Waals surface area contributed by atoms with Crippen LogP contribution in [0, 0.1) is 23.7 Å². The molecule has 4 nitrogen and oxygen atoms in total. The molecule has 0 unspecified atom stereocenters. The molecular formula is C11H10N4S. The van der Waals surface area contributed by atoms with Crippen LogP contribution in [0.5, 0.6) is 0 Å². The minimum absolute atomic E-state index is 0.192. The summed E-state index contributed by atoms with van der Waals surface area (Å²) in [6.07, 6.45) is 3.62. The molecular weight excluding hydrogens is 220 g/mol. The van der Waals surface area contributed by atoms with Crippen LogP contribution >= 0.6 is 11.8 Å². The first-order valence-electron chi connectivity index (χ1n) is 4.69. The number of fused-ring (bicyclic) bond motifs is 1. The van der Waals surface area contributed by atoms with Crippen molar-refractivity contribution < 1.29 is 0 Å². The van der Waals surface area contributed by atoms with Crippen LogP contribution in [0.3, 0.4) is 0 Å². The highest BCUT2D eigenvalue weighted by Gasteiger charge is 2.08. The van der Waals surface area contributed by atoms with Gasteiger partial charge in [-0.15, -0.1) is 11.8 Å². The van der Waals surface area contributed by atoms with Gasteiger partial charge in [-0.2, -0.15) is 5.26 Å². The first-order chi connectivity index (χ1) is 7.67. The van der Waals surface area contributed by atoms with Crippen LogP contribution < -0.4 is 5.49 Å². The fourth-order valence-electron chi connectivity index (χ4n) is 1.50. The SMILES string of the molecule is CSc1nc2cc(C)ccn2c(=N)c1C#N. The van der Waals surface area contributed by atoms with Crippen LogP contribution in [0.4, 0.5) is 0 Å². The van der Waals surface area contributed by atoms with E-state index in [4.69, 9.17) is 10.7 Å². The van der Waals surface area contributed by atoms with Crippen LogP contribution in [0.15, 0.2) is 23.4 Å². The summed E-state index contributed by atoms with van der Waals surface area (Å²) in [6, 6.07) is 5.83. The van der Waals surface area contributed by atoms with Gasteiger partial charge in [-0.05, 0) is 30.9 Å². The number of rotatable bonds is 1. The van der Waals surface area contributed by atoms with Gasteiger partial charge in [0.15, 0.2) is 5.49 Å². The molecule has 0 aromatic carbocycles. The summed E-state index contributed by atoms with van der Waals surface area (Å²) < 4.78 is 1.62. The lowest BCUT2D eigenvalue weighted by Gasteiger charge is -2.06. The maximum atomic E-state index is 9.01. The highest BCUT2D eigenvalue weighted by molar-refractivity contribution is 7.98. The number of nitrogens with zero attached hydrogens (tertiary/aromatic N) is 3. The zero-order valence-electron chi connectivity index (χ0n) is 8.98. The quantitative estimate of drug-likeness (QED) is 0.599. The summed E-state index contributed by atoms with van der Waals surface area (Å²) in [6.45, 7) is 1.97. The van der Waals surface area contributed by atoms with E-state index in [-0.39, 0.29) is 5.49 Å². The first-order valence-corrected chi connectivity index (χ1v) is 5.91. The Bertz CT molecular complexity index is 651. The second-order valence-corrected chi connectivity index (χ2v) is 4.18. The molecule has 0 aliphatic carbocycles. The number of thioether (sulfide) groups is 1. The lowest BCUT2D eigenvalue weighted by Crippen LogP contribution is -2.19. The molecule has 0 aliphatic rings. The largest absolute Gasteiger partial charge is 0.285 e. The number of nitrogens with one attached hydrogen (secondary N) is 1. The van der Waals surface area contributed by atoms with E-state index in [1.807, 2.05) is 31.4 Å². The van der Waals surface area contributed by atoms with E-state index in [2.05, 4.69) is 4.98 Å². The summed E-state index contributed by atoms with van der Waals surface area (Å²) >= 11 is 1.39. The number of pyridine rings is 1. The molecule has 5 heteroatoms. The summed E-state index contributed by atoms with van der Waals surface area (Å²) in [5, 5.41) is 17.6. The van der Waals surface area contributed by atoms with Crippen LogP contribution in [-0.2, 0) is 0 Å². The second kappa shape index (κ2) is 3.99. The zero-order chi connectivity index (χ0) is 11.7. The number of hydrogen-bond donors (Lipinski definition) is 1. The molecule has 2 rings (SSSR count). The normalized spacial score (nSPS) is 10.3. The van der Waals surface area contributed by atoms with Crippen molar-refractivity contribution in [3.63, 3.8) is 0 Å². The summed E-state index contributed by atoms with van der Waals surface area (Å²) in [4.78, 5) is 4.37. The Morgan fingerprint density at radius 1 is 1.56 bits per heavy atom. The average molecular weight is 230 g/mol. The predicted octanol–water partition coefficient (Wildman–Crippen LogP) is 1.72. The molecule has 0 spiro atoms. The Kier molecular flexibility index (Phi) is 2.67. The Hall–Kier alpha value is -1.80. The minimum atomic E-state index is 0.192. The molecule has 2 aromatic rings. The van der Waals surface area contributed by atoms with E-state index >= 15 is 0 Å². The van der Waals surface area contributed by atoms with Gasteiger partial charge in [0.1, 0.15) is 22.3 Å². The van der Waals surface area contributed by atoms with Gasteiger partial charge < -0.3 is 0 Å². The van der Waals surface area contributed by atoms with Crippen molar-refractivity contribution in [2.45, 2.75) is 11.9 Å². The summed E-state index contributed by atoms with van der Waals surface area (Å²) in [5.74, 6) is 0. The van der Waals surface area contributed by atoms with Crippen molar-refractivity contribution in [3.05, 3.63) is 34.9 Å². The van der Waals surface area contributed by atoms with Crippen molar-refractivity contribution in [3.8, 4) is 6.07 Å². The molecule has 0 radical (unpaired) electrons. The Morgan fingerprint density at radius 2 is 2.31 bits per heavy atom. The fraction of sp³-hybridized carbons (Fsp3) is 0.182. The van der Waals surface area contributed by atoms with Crippen LogP contribution in [-0.4, -0.2) is 15.6 Å². The molecule has 0 saturated carbocycles. The molecule has 16 heavy (non-hydrogen) atoms. The van der Waals surface area contributed by atoms with Crippen molar-refractivity contribution in [2.75, 3.05) is 6.26 Å². The fourth-order valence-corrected chi connectivity index (χ4v) is 2.03. The maximum Gasteiger partial charge on any atom is 0.151 e. The van der Waals surface area contributed by atoms with Gasteiger partial charge in [-0.1, -0.05) is 0 Å². The maximum absolute atomic E-state index is 9.01. The van der Waals surface area contributed by atoms with Gasteiger partial charge >= 0.3 is 0 Å². The van der Waals surface area contributed by atoms with E-state index < -0.39 is 0 Å². The number of nitriles is 1. The van der Waals surface area contributed by atoms with E-state index in [0.717, 1.165) is 5.56 Å².